The molecule has 2 rings (SSSR count). The minimum Gasteiger partial charge on any atom is -0.359 e. The summed E-state index contributed by atoms with van der Waals surface area (Å²) < 4.78 is 39.9. The minimum atomic E-state index is -4.98. The monoisotopic (exact) mass is 342 g/mol. The highest BCUT2D eigenvalue weighted by atomic mass is 19.4. The van der Waals surface area contributed by atoms with Gasteiger partial charge in [0, 0.05) is 12.1 Å². The first-order chi connectivity index (χ1) is 11.3. The van der Waals surface area contributed by atoms with Crippen LogP contribution in [0.2, 0.25) is 0 Å². The molecule has 4 nitrogen and oxygen atoms in total. The Morgan fingerprint density at radius 2 is 1.92 bits per heavy atom. The van der Waals surface area contributed by atoms with Crippen LogP contribution in [0.25, 0.3) is 0 Å². The van der Waals surface area contributed by atoms with Gasteiger partial charge in [-0.05, 0) is 30.9 Å². The topological polar surface area (TPSA) is 52.6 Å². The summed E-state index contributed by atoms with van der Waals surface area (Å²) in [5.41, 5.74) is 0.192. The minimum absolute atomic E-state index is 0.135. The smallest absolute Gasteiger partial charge is 0.359 e. The van der Waals surface area contributed by atoms with Gasteiger partial charge >= 0.3 is 6.18 Å². The molecule has 1 heterocycles. The van der Waals surface area contributed by atoms with E-state index in [4.69, 9.17) is 0 Å². The summed E-state index contributed by atoms with van der Waals surface area (Å²) in [6.45, 7) is 1.91. The number of alkyl halides is 3. The molecule has 1 aromatic rings. The molecule has 0 bridgehead atoms. The third-order valence-corrected chi connectivity index (χ3v) is 3.91. The van der Waals surface area contributed by atoms with Crippen LogP contribution in [-0.4, -0.2) is 27.9 Å². The van der Waals surface area contributed by atoms with Crippen LogP contribution in [0.3, 0.4) is 0 Å². The molecule has 132 valence electrons. The highest BCUT2D eigenvalue weighted by molar-refractivity contribution is 5.78. The number of amides is 1. The number of carbonyl (C=O) groups excluding carboxylic acids is 1. The van der Waals surface area contributed by atoms with Gasteiger partial charge in [-0.25, -0.2) is 5.01 Å². The number of halogens is 3. The summed E-state index contributed by atoms with van der Waals surface area (Å²) in [6, 6.07) is 9.01. The molecule has 1 aromatic carbocycles. The SMILES string of the molecule is CCCCC1=C[C@@](O)(C(F)(F)F)N(C(=O)CCc2ccccc2)N1. The molecule has 1 atom stereocenters. The second-order valence-electron chi connectivity index (χ2n) is 5.82. The van der Waals surface area contributed by atoms with Crippen molar-refractivity contribution in [2.75, 3.05) is 0 Å². The average Bonchev–Trinajstić information content (AvgIpc) is 2.90. The number of allylic oxidation sites excluding steroid dienone is 1. The Kier molecular flexibility index (Phi) is 5.54. The Morgan fingerprint density at radius 3 is 2.50 bits per heavy atom. The molecule has 0 aliphatic carbocycles. The highest BCUT2D eigenvalue weighted by Gasteiger charge is 2.61. The van der Waals surface area contributed by atoms with Crippen LogP contribution >= 0.6 is 0 Å². The Hall–Kier alpha value is -2.02. The third-order valence-electron chi connectivity index (χ3n) is 3.91. The van der Waals surface area contributed by atoms with Crippen molar-refractivity contribution >= 4 is 5.91 Å². The molecule has 0 aromatic heterocycles. The van der Waals surface area contributed by atoms with Gasteiger partial charge in [0.05, 0.1) is 0 Å². The fraction of sp³-hybridized carbons (Fsp3) is 0.471. The Labute approximate surface area is 138 Å². The first kappa shape index (κ1) is 18.3. The lowest BCUT2D eigenvalue weighted by Gasteiger charge is -2.33. The van der Waals surface area contributed by atoms with Crippen molar-refractivity contribution in [1.29, 1.82) is 0 Å². The number of aryl methyl sites for hydroxylation is 1. The largest absolute Gasteiger partial charge is 0.442 e. The maximum atomic E-state index is 13.3. The van der Waals surface area contributed by atoms with Crippen LogP contribution in [0.15, 0.2) is 42.1 Å². The third kappa shape index (κ3) is 3.90. The number of rotatable bonds is 6. The molecule has 0 fully saturated rings. The summed E-state index contributed by atoms with van der Waals surface area (Å²) >= 11 is 0. The van der Waals surface area contributed by atoms with Crippen LogP contribution in [0, 0.1) is 0 Å². The highest BCUT2D eigenvalue weighted by Crippen LogP contribution is 2.38. The molecule has 24 heavy (non-hydrogen) atoms. The lowest BCUT2D eigenvalue weighted by Crippen LogP contribution is -2.60. The summed E-state index contributed by atoms with van der Waals surface area (Å²) in [6.07, 6.45) is -2.30. The quantitative estimate of drug-likeness (QED) is 0.834. The van der Waals surface area contributed by atoms with Crippen LogP contribution in [0.5, 0.6) is 0 Å². The summed E-state index contributed by atoms with van der Waals surface area (Å²) in [5, 5.41) is 10.4. The molecule has 1 aliphatic heterocycles. The van der Waals surface area contributed by atoms with E-state index in [0.29, 0.717) is 30.3 Å². The van der Waals surface area contributed by atoms with E-state index in [1.54, 1.807) is 24.3 Å². The lowest BCUT2D eigenvalue weighted by atomic mass is 10.1. The van der Waals surface area contributed by atoms with Crippen LogP contribution < -0.4 is 5.43 Å². The number of benzene rings is 1. The van der Waals surface area contributed by atoms with Gasteiger partial charge in [-0.1, -0.05) is 43.7 Å². The predicted octanol–water partition coefficient (Wildman–Crippen LogP) is 3.29. The number of carbonyl (C=O) groups is 1. The zero-order valence-electron chi connectivity index (χ0n) is 13.4. The van der Waals surface area contributed by atoms with Crippen LogP contribution in [-0.2, 0) is 11.2 Å². The first-order valence-electron chi connectivity index (χ1n) is 7.92. The molecule has 0 unspecified atom stereocenters. The van der Waals surface area contributed by atoms with E-state index in [1.165, 1.54) is 0 Å². The van der Waals surface area contributed by atoms with Gasteiger partial charge in [0.15, 0.2) is 0 Å². The fourth-order valence-corrected chi connectivity index (χ4v) is 2.53. The molecule has 1 amide bonds. The van der Waals surface area contributed by atoms with E-state index in [0.717, 1.165) is 12.0 Å². The Bertz CT molecular complexity index is 602. The molecular formula is C17H21F3N2O2. The van der Waals surface area contributed by atoms with Crippen molar-refractivity contribution in [2.45, 2.75) is 50.9 Å². The second-order valence-corrected chi connectivity index (χ2v) is 5.82. The van der Waals surface area contributed by atoms with Crippen molar-refractivity contribution in [3.05, 3.63) is 47.7 Å². The Balaban J connectivity index is 2.10. The first-order valence-corrected chi connectivity index (χ1v) is 7.92. The van der Waals surface area contributed by atoms with E-state index >= 15 is 0 Å². The van der Waals surface area contributed by atoms with Gasteiger partial charge in [0.2, 0.25) is 5.91 Å². The summed E-state index contributed by atoms with van der Waals surface area (Å²) in [5.74, 6) is -0.804. The number of nitrogens with zero attached hydrogens (tertiary/aromatic N) is 1. The number of unbranched alkanes of at least 4 members (excludes halogenated alkanes) is 1. The second kappa shape index (κ2) is 7.25. The predicted molar refractivity (Wildman–Crippen MR) is 83.4 cm³/mol. The number of hydrazine groups is 1. The van der Waals surface area contributed by atoms with Crippen molar-refractivity contribution < 1.29 is 23.1 Å². The molecule has 0 saturated carbocycles. The van der Waals surface area contributed by atoms with Crippen LogP contribution in [0.1, 0.15) is 38.2 Å². The average molecular weight is 342 g/mol. The molecular weight excluding hydrogens is 321 g/mol. The van der Waals surface area contributed by atoms with Crippen molar-refractivity contribution in [1.82, 2.24) is 10.4 Å². The summed E-state index contributed by atoms with van der Waals surface area (Å²) in [7, 11) is 0. The van der Waals surface area contributed by atoms with Gasteiger partial charge in [0.25, 0.3) is 5.72 Å². The lowest BCUT2D eigenvalue weighted by molar-refractivity contribution is -0.289. The molecule has 1 aliphatic rings. The number of nitrogens with one attached hydrogen (secondary N) is 1. The van der Waals surface area contributed by atoms with E-state index in [9.17, 15) is 23.1 Å². The van der Waals surface area contributed by atoms with Gasteiger partial charge in [-0.2, -0.15) is 13.2 Å². The van der Waals surface area contributed by atoms with Crippen LogP contribution in [0.4, 0.5) is 13.2 Å². The van der Waals surface area contributed by atoms with Gasteiger partial charge < -0.3 is 5.11 Å². The van der Waals surface area contributed by atoms with Crippen molar-refractivity contribution in [2.24, 2.45) is 0 Å². The van der Waals surface area contributed by atoms with Gasteiger partial charge in [-0.15, -0.1) is 0 Å². The molecule has 2 N–H and O–H groups in total. The normalized spacial score (nSPS) is 20.7. The van der Waals surface area contributed by atoms with E-state index in [2.05, 4.69) is 5.43 Å². The maximum Gasteiger partial charge on any atom is 0.442 e. The zero-order valence-corrected chi connectivity index (χ0v) is 13.4. The van der Waals surface area contributed by atoms with E-state index in [1.807, 2.05) is 13.0 Å². The molecule has 0 spiro atoms. The van der Waals surface area contributed by atoms with Gasteiger partial charge in [-0.3, -0.25) is 10.2 Å². The van der Waals surface area contributed by atoms with E-state index < -0.39 is 17.8 Å². The van der Waals surface area contributed by atoms with Crippen molar-refractivity contribution in [3.63, 3.8) is 0 Å². The molecule has 0 saturated heterocycles. The molecule has 7 heteroatoms. The number of hydrogen-bond donors (Lipinski definition) is 2. The van der Waals surface area contributed by atoms with E-state index in [-0.39, 0.29) is 12.1 Å². The summed E-state index contributed by atoms with van der Waals surface area (Å²) in [4.78, 5) is 12.3. The number of aliphatic hydroxyl groups is 1. The molecule has 0 radical (unpaired) electrons. The fourth-order valence-electron chi connectivity index (χ4n) is 2.53. The standard InChI is InChI=1S/C17H21F3N2O2/c1-2-3-9-14-12-16(24,17(18,19)20)22(21-14)15(23)11-10-13-7-5-4-6-8-13/h4-8,12,21,24H,2-3,9-11H2,1H3/t16-/m1/s1. The Morgan fingerprint density at radius 1 is 1.25 bits per heavy atom. The van der Waals surface area contributed by atoms with Crippen molar-refractivity contribution in [3.8, 4) is 0 Å². The zero-order chi connectivity index (χ0) is 17.8. The maximum absolute atomic E-state index is 13.3. The van der Waals surface area contributed by atoms with Gasteiger partial charge in [0.1, 0.15) is 0 Å². The number of hydrogen-bond acceptors (Lipinski definition) is 3.